The Labute approximate surface area is 244 Å². The minimum atomic E-state index is -1.09. The smallest absolute Gasteiger partial charge is 0.355 e. The highest BCUT2D eigenvalue weighted by atomic mass is 35.5. The number of benzene rings is 3. The molecule has 0 bridgehead atoms. The number of halogens is 2. The lowest BCUT2D eigenvalue weighted by atomic mass is 9.91. The molecule has 4 amide bonds. The number of imide groups is 1. The number of nitrogens with one attached hydrogen (secondary N) is 1. The van der Waals surface area contributed by atoms with Crippen LogP contribution < -0.4 is 10.6 Å². The molecule has 4 aromatic rings. The summed E-state index contributed by atoms with van der Waals surface area (Å²) < 4.78 is 0. The maximum Gasteiger partial charge on any atom is 0.355 e. The first-order valence-corrected chi connectivity index (χ1v) is 13.6. The SMILES string of the molecule is Cc1c(-c2c(Cl)cc(C(N)=O)c3[nH]c4cc(C(C)(C)O)ccc4c23)cccc1N1C(=O)N=C2C(Cl)=CC=CC2C1=O. The molecule has 1 aliphatic heterocycles. The lowest BCUT2D eigenvalue weighted by Crippen LogP contribution is -2.47. The molecule has 8 nitrogen and oxygen atoms in total. The molecule has 2 heterocycles. The van der Waals surface area contributed by atoms with Crippen molar-refractivity contribution >= 4 is 74.3 Å². The van der Waals surface area contributed by atoms with E-state index in [0.717, 1.165) is 10.3 Å². The Morgan fingerprint density at radius 3 is 2.61 bits per heavy atom. The second kappa shape index (κ2) is 9.41. The fourth-order valence-corrected chi connectivity index (χ4v) is 6.07. The Balaban J connectivity index is 1.60. The maximum absolute atomic E-state index is 13.5. The number of hydrogen-bond donors (Lipinski definition) is 3. The van der Waals surface area contributed by atoms with Crippen molar-refractivity contribution in [2.24, 2.45) is 16.6 Å². The van der Waals surface area contributed by atoms with Crippen molar-refractivity contribution in [3.63, 3.8) is 0 Å². The van der Waals surface area contributed by atoms with Crippen molar-refractivity contribution in [1.82, 2.24) is 4.98 Å². The molecule has 6 rings (SSSR count). The van der Waals surface area contributed by atoms with Gasteiger partial charge >= 0.3 is 6.03 Å². The normalized spacial score (nSPS) is 17.2. The van der Waals surface area contributed by atoms with Crippen LogP contribution in [0.1, 0.15) is 35.3 Å². The Morgan fingerprint density at radius 1 is 1.15 bits per heavy atom. The minimum absolute atomic E-state index is 0.209. The van der Waals surface area contributed by atoms with Crippen molar-refractivity contribution in [3.8, 4) is 11.1 Å². The molecule has 1 atom stereocenters. The van der Waals surface area contributed by atoms with Gasteiger partial charge in [0.05, 0.1) is 33.1 Å². The number of primary amides is 1. The number of carbonyl (C=O) groups is 3. The average Bonchev–Trinajstić information content (AvgIpc) is 3.28. The van der Waals surface area contributed by atoms with Crippen molar-refractivity contribution in [1.29, 1.82) is 0 Å². The van der Waals surface area contributed by atoms with Crippen LogP contribution >= 0.6 is 23.2 Å². The number of amides is 4. The number of carbonyl (C=O) groups excluding carboxylic acids is 3. The lowest BCUT2D eigenvalue weighted by molar-refractivity contribution is -0.118. The largest absolute Gasteiger partial charge is 0.386 e. The van der Waals surface area contributed by atoms with Gasteiger partial charge in [0, 0.05) is 26.9 Å². The van der Waals surface area contributed by atoms with Crippen molar-refractivity contribution in [2.45, 2.75) is 26.4 Å². The summed E-state index contributed by atoms with van der Waals surface area (Å²) in [5.74, 6) is -1.90. The zero-order valence-corrected chi connectivity index (χ0v) is 23.8. The maximum atomic E-state index is 13.5. The van der Waals surface area contributed by atoms with Gasteiger partial charge in [-0.3, -0.25) is 9.59 Å². The molecule has 0 fully saturated rings. The molecule has 1 aromatic heterocycles. The van der Waals surface area contributed by atoms with Crippen LogP contribution in [0, 0.1) is 12.8 Å². The van der Waals surface area contributed by atoms with E-state index < -0.39 is 29.4 Å². The van der Waals surface area contributed by atoms with E-state index in [4.69, 9.17) is 28.9 Å². The number of H-pyrrole nitrogens is 1. The van der Waals surface area contributed by atoms with E-state index in [0.29, 0.717) is 44.4 Å². The number of allylic oxidation sites excluding steroid dienone is 3. The number of urea groups is 1. The minimum Gasteiger partial charge on any atom is -0.386 e. The van der Waals surface area contributed by atoms with Gasteiger partial charge in [-0.25, -0.2) is 9.69 Å². The summed E-state index contributed by atoms with van der Waals surface area (Å²) in [6.45, 7) is 5.16. The van der Waals surface area contributed by atoms with Gasteiger partial charge in [0.1, 0.15) is 5.92 Å². The molecule has 1 unspecified atom stereocenters. The second-order valence-electron chi connectivity index (χ2n) is 10.6. The Hall–Kier alpha value is -4.24. The summed E-state index contributed by atoms with van der Waals surface area (Å²) in [5.41, 5.74) is 9.12. The van der Waals surface area contributed by atoms with Gasteiger partial charge < -0.3 is 15.8 Å². The van der Waals surface area contributed by atoms with E-state index in [1.165, 1.54) is 6.07 Å². The van der Waals surface area contributed by atoms with Crippen LogP contribution in [0.5, 0.6) is 0 Å². The highest BCUT2D eigenvalue weighted by molar-refractivity contribution is 6.48. The molecule has 0 saturated carbocycles. The third kappa shape index (κ3) is 4.18. The van der Waals surface area contributed by atoms with Crippen molar-refractivity contribution in [2.75, 3.05) is 4.90 Å². The molecule has 3 aromatic carbocycles. The third-order valence-corrected chi connectivity index (χ3v) is 8.21. The molecule has 0 saturated heterocycles. The zero-order chi connectivity index (χ0) is 29.4. The Kier molecular flexibility index (Phi) is 6.19. The molecular weight excluding hydrogens is 563 g/mol. The molecule has 206 valence electrons. The highest BCUT2D eigenvalue weighted by Crippen LogP contribution is 2.45. The highest BCUT2D eigenvalue weighted by Gasteiger charge is 2.39. The van der Waals surface area contributed by atoms with Crippen LogP contribution in [0.4, 0.5) is 10.5 Å². The predicted octanol–water partition coefficient (Wildman–Crippen LogP) is 6.49. The van der Waals surface area contributed by atoms with Gasteiger partial charge in [0.25, 0.3) is 5.91 Å². The molecular formula is C31H24Cl2N4O4. The number of fused-ring (bicyclic) bond motifs is 4. The van der Waals surface area contributed by atoms with E-state index in [9.17, 15) is 19.5 Å². The average molecular weight is 587 g/mol. The number of aliphatic hydroxyl groups is 1. The Bertz CT molecular complexity index is 1950. The van der Waals surface area contributed by atoms with Gasteiger partial charge in [-0.15, -0.1) is 0 Å². The summed E-state index contributed by atoms with van der Waals surface area (Å²) in [6, 6.07) is 11.5. The van der Waals surface area contributed by atoms with E-state index >= 15 is 0 Å². The monoisotopic (exact) mass is 586 g/mol. The van der Waals surface area contributed by atoms with Crippen LogP contribution in [-0.4, -0.2) is 33.6 Å². The van der Waals surface area contributed by atoms with E-state index in [-0.39, 0.29) is 21.3 Å². The quantitative estimate of drug-likeness (QED) is 0.252. The van der Waals surface area contributed by atoms with Gasteiger partial charge in [0.2, 0.25) is 5.91 Å². The summed E-state index contributed by atoms with van der Waals surface area (Å²) in [6.07, 6.45) is 4.91. The number of nitrogens with zero attached hydrogens (tertiary/aromatic N) is 2. The number of rotatable bonds is 4. The van der Waals surface area contributed by atoms with Gasteiger partial charge in [-0.1, -0.05) is 59.6 Å². The van der Waals surface area contributed by atoms with E-state index in [2.05, 4.69) is 9.98 Å². The second-order valence-corrected chi connectivity index (χ2v) is 11.4. The van der Waals surface area contributed by atoms with Crippen LogP contribution in [0.3, 0.4) is 0 Å². The first kappa shape index (κ1) is 27.0. The molecule has 41 heavy (non-hydrogen) atoms. The van der Waals surface area contributed by atoms with Gasteiger partial charge in [0.15, 0.2) is 0 Å². The number of aromatic nitrogens is 1. The van der Waals surface area contributed by atoms with Gasteiger partial charge in [-0.2, -0.15) is 4.99 Å². The predicted molar refractivity (Wildman–Crippen MR) is 162 cm³/mol. The molecule has 0 radical (unpaired) electrons. The molecule has 10 heteroatoms. The number of anilines is 1. The standard InChI is InChI=1S/C31H24Cl2N4O4/c1-14-16(6-5-9-23(14)37-29(39)18-7-4-8-20(32)26(18)36-30(37)40)24-21(33)13-19(28(34)38)27-25(24)17-11-10-15(31(2,3)41)12-22(17)35-27/h4-13,18,35,41H,1-3H3,(H2,34,38). The molecule has 1 aliphatic carbocycles. The molecule has 2 aliphatic rings. The van der Waals surface area contributed by atoms with Crippen LogP contribution in [-0.2, 0) is 10.4 Å². The summed E-state index contributed by atoms with van der Waals surface area (Å²) in [5, 5.41) is 12.5. The summed E-state index contributed by atoms with van der Waals surface area (Å²) in [4.78, 5) is 47.6. The Morgan fingerprint density at radius 2 is 1.90 bits per heavy atom. The summed E-state index contributed by atoms with van der Waals surface area (Å²) >= 11 is 13.1. The number of aliphatic imine (C=N–C) groups is 1. The van der Waals surface area contributed by atoms with E-state index in [1.54, 1.807) is 51.1 Å². The van der Waals surface area contributed by atoms with Crippen LogP contribution in [0.15, 0.2) is 70.7 Å². The van der Waals surface area contributed by atoms with E-state index in [1.807, 2.05) is 24.3 Å². The first-order valence-electron chi connectivity index (χ1n) is 12.8. The van der Waals surface area contributed by atoms with Crippen molar-refractivity contribution in [3.05, 3.63) is 87.4 Å². The topological polar surface area (TPSA) is 129 Å². The van der Waals surface area contributed by atoms with Crippen LogP contribution in [0.2, 0.25) is 5.02 Å². The lowest BCUT2D eigenvalue weighted by Gasteiger charge is -2.30. The summed E-state index contributed by atoms with van der Waals surface area (Å²) in [7, 11) is 0. The van der Waals surface area contributed by atoms with Gasteiger partial charge in [-0.05, 0) is 61.7 Å². The zero-order valence-electron chi connectivity index (χ0n) is 22.3. The number of hydrogen-bond acceptors (Lipinski definition) is 4. The fourth-order valence-electron chi connectivity index (χ4n) is 5.53. The first-order chi connectivity index (χ1) is 19.4. The number of aromatic amines is 1. The third-order valence-electron chi connectivity index (χ3n) is 7.59. The molecule has 0 spiro atoms. The van der Waals surface area contributed by atoms with Crippen molar-refractivity contribution < 1.29 is 19.5 Å². The van der Waals surface area contributed by atoms with Crippen LogP contribution in [0.25, 0.3) is 32.9 Å². The fraction of sp³-hybridized carbons (Fsp3) is 0.161. The number of nitrogens with two attached hydrogens (primary N) is 1. The molecule has 4 N–H and O–H groups in total.